The van der Waals surface area contributed by atoms with Crippen molar-refractivity contribution in [2.75, 3.05) is 0 Å². The van der Waals surface area contributed by atoms with Gasteiger partial charge in [0, 0.05) is 34.1 Å². The third-order valence-electron chi connectivity index (χ3n) is 8.68. The highest BCUT2D eigenvalue weighted by atomic mass is 15.0. The molecule has 0 amide bonds. The predicted molar refractivity (Wildman–Crippen MR) is 180 cm³/mol. The number of hydrogen-bond donors (Lipinski definition) is 0. The second-order valence-electron chi connectivity index (χ2n) is 11.1. The summed E-state index contributed by atoms with van der Waals surface area (Å²) < 4.78 is 2.31. The first-order chi connectivity index (χ1) is 21.3. The standard InChI is InChI=1S/C40H25N3/c1-7-17-36-26(10-1)22-28(24-42-36)40-33-15-4-2-13-31(33)39(32-14-3-5-16-34(32)40)27-19-20-38-35(23-27)30-12-6-8-18-37(30)43(38)29-11-9-21-41-25-29/h1-25H. The maximum atomic E-state index is 4.84. The maximum Gasteiger partial charge on any atom is 0.0702 e. The molecule has 9 aromatic rings. The van der Waals surface area contributed by atoms with Crippen LogP contribution in [0.25, 0.3) is 82.2 Å². The number of pyridine rings is 2. The molecule has 200 valence electrons. The van der Waals surface area contributed by atoms with Crippen molar-refractivity contribution in [3.8, 4) is 27.9 Å². The molecule has 0 unspecified atom stereocenters. The molecule has 0 aliphatic rings. The molecule has 3 heteroatoms. The Hall–Kier alpha value is -5.80. The van der Waals surface area contributed by atoms with Crippen molar-refractivity contribution in [1.29, 1.82) is 0 Å². The number of rotatable bonds is 3. The second kappa shape index (κ2) is 9.37. The van der Waals surface area contributed by atoms with Gasteiger partial charge < -0.3 is 4.57 Å². The van der Waals surface area contributed by atoms with Gasteiger partial charge in [0.1, 0.15) is 0 Å². The summed E-state index contributed by atoms with van der Waals surface area (Å²) in [4.78, 5) is 9.25. The van der Waals surface area contributed by atoms with E-state index < -0.39 is 0 Å². The molecule has 0 N–H and O–H groups in total. The number of nitrogens with zero attached hydrogens (tertiary/aromatic N) is 3. The SMILES string of the molecule is c1cncc(-n2c3ccccc3c3cc(-c4c5ccccc5c(-c5cnc6ccccc6c5)c5ccccc45)ccc32)c1. The molecule has 3 aromatic heterocycles. The van der Waals surface area contributed by atoms with Crippen LogP contribution in [0.3, 0.4) is 0 Å². The van der Waals surface area contributed by atoms with Gasteiger partial charge in [-0.15, -0.1) is 0 Å². The molecule has 0 saturated carbocycles. The van der Waals surface area contributed by atoms with Crippen LogP contribution in [0.4, 0.5) is 0 Å². The minimum absolute atomic E-state index is 1.01. The molecule has 6 aromatic carbocycles. The number of para-hydroxylation sites is 2. The molecule has 0 fully saturated rings. The first kappa shape index (κ1) is 23.9. The predicted octanol–water partition coefficient (Wildman–Crippen LogP) is 10.4. The summed E-state index contributed by atoms with van der Waals surface area (Å²) in [5.41, 5.74) is 9.24. The Morgan fingerprint density at radius 3 is 1.79 bits per heavy atom. The van der Waals surface area contributed by atoms with Gasteiger partial charge in [-0.1, -0.05) is 91.0 Å². The Labute approximate surface area is 248 Å². The average molecular weight is 548 g/mol. The van der Waals surface area contributed by atoms with Crippen molar-refractivity contribution in [1.82, 2.24) is 14.5 Å². The Kier molecular flexibility index (Phi) is 5.20. The normalized spacial score (nSPS) is 11.7. The Morgan fingerprint density at radius 2 is 1.07 bits per heavy atom. The van der Waals surface area contributed by atoms with Crippen LogP contribution in [0, 0.1) is 0 Å². The van der Waals surface area contributed by atoms with Crippen LogP contribution >= 0.6 is 0 Å². The lowest BCUT2D eigenvalue weighted by molar-refractivity contribution is 1.14. The van der Waals surface area contributed by atoms with Gasteiger partial charge in [-0.25, -0.2) is 0 Å². The van der Waals surface area contributed by atoms with Gasteiger partial charge in [-0.2, -0.15) is 0 Å². The fourth-order valence-corrected chi connectivity index (χ4v) is 6.85. The lowest BCUT2D eigenvalue weighted by Gasteiger charge is -2.18. The smallest absolute Gasteiger partial charge is 0.0702 e. The number of aromatic nitrogens is 3. The third-order valence-corrected chi connectivity index (χ3v) is 8.68. The molecule has 0 bridgehead atoms. The minimum atomic E-state index is 1.01. The molecule has 0 saturated heterocycles. The second-order valence-corrected chi connectivity index (χ2v) is 11.1. The van der Waals surface area contributed by atoms with Gasteiger partial charge in [-0.3, -0.25) is 9.97 Å². The van der Waals surface area contributed by atoms with E-state index in [1.165, 1.54) is 60.0 Å². The summed E-state index contributed by atoms with van der Waals surface area (Å²) in [5.74, 6) is 0. The van der Waals surface area contributed by atoms with Crippen molar-refractivity contribution >= 4 is 54.3 Å². The highest BCUT2D eigenvalue weighted by molar-refractivity contribution is 6.22. The quantitative estimate of drug-likeness (QED) is 0.206. The van der Waals surface area contributed by atoms with Gasteiger partial charge in [-0.05, 0) is 80.7 Å². The largest absolute Gasteiger partial charge is 0.308 e. The molecule has 43 heavy (non-hydrogen) atoms. The fourth-order valence-electron chi connectivity index (χ4n) is 6.85. The molecule has 0 radical (unpaired) electrons. The number of hydrogen-bond acceptors (Lipinski definition) is 2. The lowest BCUT2D eigenvalue weighted by atomic mass is 9.86. The fraction of sp³-hybridized carbons (Fsp3) is 0. The molecular formula is C40H25N3. The van der Waals surface area contributed by atoms with E-state index in [1.807, 2.05) is 30.7 Å². The highest BCUT2D eigenvalue weighted by Crippen LogP contribution is 2.45. The molecule has 3 heterocycles. The average Bonchev–Trinajstić information content (AvgIpc) is 3.41. The number of benzene rings is 6. The van der Waals surface area contributed by atoms with Crippen molar-refractivity contribution < 1.29 is 0 Å². The molecule has 0 aliphatic heterocycles. The van der Waals surface area contributed by atoms with E-state index in [9.17, 15) is 0 Å². The van der Waals surface area contributed by atoms with Crippen LogP contribution < -0.4 is 0 Å². The zero-order chi connectivity index (χ0) is 28.3. The van der Waals surface area contributed by atoms with Crippen molar-refractivity contribution in [3.63, 3.8) is 0 Å². The van der Waals surface area contributed by atoms with Crippen LogP contribution in [-0.4, -0.2) is 14.5 Å². The van der Waals surface area contributed by atoms with Crippen LogP contribution in [0.2, 0.25) is 0 Å². The Bertz CT molecular complexity index is 2450. The van der Waals surface area contributed by atoms with Crippen LogP contribution in [0.1, 0.15) is 0 Å². The molecular weight excluding hydrogens is 522 g/mol. The molecule has 0 atom stereocenters. The van der Waals surface area contributed by atoms with E-state index in [4.69, 9.17) is 4.98 Å². The van der Waals surface area contributed by atoms with Gasteiger partial charge in [0.2, 0.25) is 0 Å². The number of fused-ring (bicyclic) bond motifs is 6. The molecule has 9 rings (SSSR count). The van der Waals surface area contributed by atoms with Crippen LogP contribution in [0.5, 0.6) is 0 Å². The third kappa shape index (κ3) is 3.62. The van der Waals surface area contributed by atoms with E-state index in [0.29, 0.717) is 0 Å². The molecule has 0 spiro atoms. The van der Waals surface area contributed by atoms with Crippen LogP contribution in [-0.2, 0) is 0 Å². The summed E-state index contributed by atoms with van der Waals surface area (Å²) >= 11 is 0. The van der Waals surface area contributed by atoms with Gasteiger partial charge in [0.05, 0.1) is 28.4 Å². The Morgan fingerprint density at radius 1 is 0.442 bits per heavy atom. The first-order valence-electron chi connectivity index (χ1n) is 14.6. The monoisotopic (exact) mass is 547 g/mol. The zero-order valence-electron chi connectivity index (χ0n) is 23.3. The van der Waals surface area contributed by atoms with Gasteiger partial charge in [0.25, 0.3) is 0 Å². The maximum absolute atomic E-state index is 4.84. The van der Waals surface area contributed by atoms with Crippen molar-refractivity contribution in [2.24, 2.45) is 0 Å². The van der Waals surface area contributed by atoms with Gasteiger partial charge >= 0.3 is 0 Å². The van der Waals surface area contributed by atoms with E-state index in [0.717, 1.165) is 22.2 Å². The lowest BCUT2D eigenvalue weighted by Crippen LogP contribution is -1.94. The highest BCUT2D eigenvalue weighted by Gasteiger charge is 2.19. The Balaban J connectivity index is 1.36. The van der Waals surface area contributed by atoms with Gasteiger partial charge in [0.15, 0.2) is 0 Å². The molecule has 3 nitrogen and oxygen atoms in total. The van der Waals surface area contributed by atoms with Crippen molar-refractivity contribution in [3.05, 3.63) is 152 Å². The van der Waals surface area contributed by atoms with E-state index >= 15 is 0 Å². The van der Waals surface area contributed by atoms with E-state index in [-0.39, 0.29) is 0 Å². The zero-order valence-corrected chi connectivity index (χ0v) is 23.3. The van der Waals surface area contributed by atoms with Crippen LogP contribution in [0.15, 0.2) is 152 Å². The summed E-state index contributed by atoms with van der Waals surface area (Å²) in [5, 5.41) is 8.54. The van der Waals surface area contributed by atoms with E-state index in [1.54, 1.807) is 0 Å². The topological polar surface area (TPSA) is 30.7 Å². The molecule has 0 aliphatic carbocycles. The minimum Gasteiger partial charge on any atom is -0.308 e. The summed E-state index contributed by atoms with van der Waals surface area (Å²) in [6.07, 6.45) is 5.78. The summed E-state index contributed by atoms with van der Waals surface area (Å²) in [6, 6.07) is 47.9. The summed E-state index contributed by atoms with van der Waals surface area (Å²) in [6.45, 7) is 0. The first-order valence-corrected chi connectivity index (χ1v) is 14.6. The van der Waals surface area contributed by atoms with E-state index in [2.05, 4.69) is 131 Å². The van der Waals surface area contributed by atoms with Crippen molar-refractivity contribution in [2.45, 2.75) is 0 Å². The summed E-state index contributed by atoms with van der Waals surface area (Å²) in [7, 11) is 0.